The number of aromatic hydroxyl groups is 1. The molecule has 0 amide bonds. The number of hydrogen-bond acceptors (Lipinski definition) is 4. The average molecular weight is 288 g/mol. The highest BCUT2D eigenvalue weighted by atomic mass is 16.4. The van der Waals surface area contributed by atoms with E-state index in [1.807, 2.05) is 37.3 Å². The number of aromatic carboxylic acids is 1. The summed E-state index contributed by atoms with van der Waals surface area (Å²) in [6.45, 7) is 3.01. The number of carboxylic acids is 1. The first-order valence-electron chi connectivity index (χ1n) is 6.50. The van der Waals surface area contributed by atoms with Gasteiger partial charge < -0.3 is 15.2 Å². The first kappa shape index (κ1) is 14.6. The zero-order valence-electron chi connectivity index (χ0n) is 11.6. The number of nitrogens with zero attached hydrogens (tertiary/aromatic N) is 2. The molecule has 0 saturated carbocycles. The molecule has 0 aliphatic rings. The van der Waals surface area contributed by atoms with Crippen LogP contribution in [0.1, 0.15) is 22.8 Å². The van der Waals surface area contributed by atoms with Gasteiger partial charge in [-0.25, -0.2) is 4.79 Å². The normalized spacial score (nSPS) is 10.3. The molecule has 110 valence electrons. The molecule has 2 N–H and O–H groups in total. The molecule has 0 aliphatic heterocycles. The van der Waals surface area contributed by atoms with Gasteiger partial charge >= 0.3 is 5.97 Å². The van der Waals surface area contributed by atoms with Crippen LogP contribution in [0.15, 0.2) is 47.5 Å². The van der Waals surface area contributed by atoms with Gasteiger partial charge in [-0.1, -0.05) is 30.3 Å². The van der Waals surface area contributed by atoms with Crippen LogP contribution < -0.4 is 10.4 Å². The predicted molar refractivity (Wildman–Crippen MR) is 78.2 cm³/mol. The SMILES string of the molecule is CCN(Cc1ccccc1)n1cc(O)c(=O)c(C(=O)O)c1. The molecule has 2 rings (SSSR count). The first-order chi connectivity index (χ1) is 10.0. The van der Waals surface area contributed by atoms with E-state index in [1.54, 1.807) is 5.01 Å². The fourth-order valence-corrected chi connectivity index (χ4v) is 2.02. The van der Waals surface area contributed by atoms with Gasteiger partial charge in [-0.05, 0) is 12.5 Å². The van der Waals surface area contributed by atoms with Crippen LogP contribution in [0.2, 0.25) is 0 Å². The van der Waals surface area contributed by atoms with Crippen molar-refractivity contribution in [3.8, 4) is 5.75 Å². The van der Waals surface area contributed by atoms with E-state index >= 15 is 0 Å². The fourth-order valence-electron chi connectivity index (χ4n) is 2.02. The van der Waals surface area contributed by atoms with Crippen LogP contribution in [0.4, 0.5) is 0 Å². The molecular weight excluding hydrogens is 272 g/mol. The molecule has 0 unspecified atom stereocenters. The lowest BCUT2D eigenvalue weighted by Crippen LogP contribution is -2.35. The van der Waals surface area contributed by atoms with Gasteiger partial charge in [0.05, 0.1) is 12.7 Å². The van der Waals surface area contributed by atoms with Crippen molar-refractivity contribution >= 4 is 5.97 Å². The largest absolute Gasteiger partial charge is 0.503 e. The maximum atomic E-state index is 11.6. The predicted octanol–water partition coefficient (Wildman–Crippen LogP) is 1.41. The second kappa shape index (κ2) is 6.13. The third kappa shape index (κ3) is 3.22. The summed E-state index contributed by atoms with van der Waals surface area (Å²) in [5.74, 6) is -1.94. The standard InChI is InChI=1S/C15H16N2O4/c1-2-16(8-11-6-4-3-5-7-11)17-9-12(15(20)21)14(19)13(18)10-17/h3-7,9-10,18H,2,8H2,1H3,(H,20,21). The van der Waals surface area contributed by atoms with Crippen molar-refractivity contribution in [1.29, 1.82) is 0 Å². The lowest BCUT2D eigenvalue weighted by Gasteiger charge is -2.26. The lowest BCUT2D eigenvalue weighted by atomic mass is 10.2. The van der Waals surface area contributed by atoms with E-state index in [0.717, 1.165) is 5.56 Å². The van der Waals surface area contributed by atoms with Crippen LogP contribution in [0.3, 0.4) is 0 Å². The van der Waals surface area contributed by atoms with Crippen LogP contribution in [0.5, 0.6) is 5.75 Å². The summed E-state index contributed by atoms with van der Waals surface area (Å²) in [7, 11) is 0. The van der Waals surface area contributed by atoms with Crippen LogP contribution in [-0.2, 0) is 6.54 Å². The number of rotatable bonds is 5. The van der Waals surface area contributed by atoms with Crippen molar-refractivity contribution in [3.63, 3.8) is 0 Å². The van der Waals surface area contributed by atoms with E-state index in [0.29, 0.717) is 13.1 Å². The van der Waals surface area contributed by atoms with E-state index in [4.69, 9.17) is 5.11 Å². The van der Waals surface area contributed by atoms with Gasteiger partial charge in [0.2, 0.25) is 5.43 Å². The minimum Gasteiger partial charge on any atom is -0.503 e. The van der Waals surface area contributed by atoms with E-state index in [-0.39, 0.29) is 0 Å². The fraction of sp³-hybridized carbons (Fsp3) is 0.200. The van der Waals surface area contributed by atoms with Gasteiger partial charge in [0.25, 0.3) is 0 Å². The summed E-state index contributed by atoms with van der Waals surface area (Å²) >= 11 is 0. The van der Waals surface area contributed by atoms with Crippen molar-refractivity contribution in [2.45, 2.75) is 13.5 Å². The Labute approximate surface area is 121 Å². The number of aromatic nitrogens is 1. The zero-order valence-corrected chi connectivity index (χ0v) is 11.6. The van der Waals surface area contributed by atoms with Gasteiger partial charge in [-0.15, -0.1) is 0 Å². The van der Waals surface area contributed by atoms with Crippen LogP contribution in [-0.4, -0.2) is 27.4 Å². The molecule has 6 nitrogen and oxygen atoms in total. The number of hydrogen-bond donors (Lipinski definition) is 2. The monoisotopic (exact) mass is 288 g/mol. The molecule has 0 atom stereocenters. The Morgan fingerprint density at radius 3 is 2.48 bits per heavy atom. The molecule has 1 heterocycles. The molecule has 2 aromatic rings. The van der Waals surface area contributed by atoms with Crippen molar-refractivity contribution in [2.24, 2.45) is 0 Å². The van der Waals surface area contributed by atoms with Gasteiger partial charge in [-0.2, -0.15) is 0 Å². The summed E-state index contributed by atoms with van der Waals surface area (Å²) in [5, 5.41) is 20.4. The van der Waals surface area contributed by atoms with Crippen LogP contribution in [0.25, 0.3) is 0 Å². The summed E-state index contributed by atoms with van der Waals surface area (Å²) in [6.07, 6.45) is 2.44. The number of carbonyl (C=O) groups is 1. The molecule has 0 bridgehead atoms. The summed E-state index contributed by atoms with van der Waals surface area (Å²) in [6, 6.07) is 9.63. The van der Waals surface area contributed by atoms with Gasteiger partial charge in [0.1, 0.15) is 5.56 Å². The highest BCUT2D eigenvalue weighted by Crippen LogP contribution is 2.08. The van der Waals surface area contributed by atoms with Crippen molar-refractivity contribution in [2.75, 3.05) is 11.6 Å². The van der Waals surface area contributed by atoms with Crippen molar-refractivity contribution < 1.29 is 15.0 Å². The second-order valence-corrected chi connectivity index (χ2v) is 4.54. The third-order valence-electron chi connectivity index (χ3n) is 3.12. The molecular formula is C15H16N2O4. The minimum atomic E-state index is -1.36. The highest BCUT2D eigenvalue weighted by Gasteiger charge is 2.15. The van der Waals surface area contributed by atoms with E-state index in [2.05, 4.69) is 0 Å². The molecule has 1 aromatic carbocycles. The third-order valence-corrected chi connectivity index (χ3v) is 3.12. The molecule has 0 spiro atoms. The quantitative estimate of drug-likeness (QED) is 0.869. The van der Waals surface area contributed by atoms with Crippen LogP contribution in [0, 0.1) is 0 Å². The summed E-state index contributed by atoms with van der Waals surface area (Å²) < 4.78 is 1.44. The molecule has 21 heavy (non-hydrogen) atoms. The Morgan fingerprint density at radius 2 is 1.90 bits per heavy atom. The van der Waals surface area contributed by atoms with E-state index < -0.39 is 22.7 Å². The van der Waals surface area contributed by atoms with E-state index in [1.165, 1.54) is 17.1 Å². The van der Waals surface area contributed by atoms with E-state index in [9.17, 15) is 14.7 Å². The topological polar surface area (TPSA) is 82.8 Å². The molecule has 0 radical (unpaired) electrons. The molecule has 1 aromatic heterocycles. The Bertz CT molecular complexity index is 695. The van der Waals surface area contributed by atoms with Crippen molar-refractivity contribution in [3.05, 3.63) is 64.1 Å². The number of benzene rings is 1. The molecule has 0 aliphatic carbocycles. The maximum absolute atomic E-state index is 11.6. The highest BCUT2D eigenvalue weighted by molar-refractivity contribution is 5.87. The molecule has 0 saturated heterocycles. The number of carboxylic acid groups (broad SMARTS) is 1. The maximum Gasteiger partial charge on any atom is 0.341 e. The van der Waals surface area contributed by atoms with Gasteiger partial charge in [-0.3, -0.25) is 9.47 Å². The second-order valence-electron chi connectivity index (χ2n) is 4.54. The lowest BCUT2D eigenvalue weighted by molar-refractivity contribution is 0.0693. The Balaban J connectivity index is 2.39. The number of pyridine rings is 1. The van der Waals surface area contributed by atoms with Crippen molar-refractivity contribution in [1.82, 2.24) is 4.68 Å². The minimum absolute atomic E-state index is 0.457. The average Bonchev–Trinajstić information content (AvgIpc) is 2.48. The molecule has 0 fully saturated rings. The first-order valence-corrected chi connectivity index (χ1v) is 6.50. The van der Waals surface area contributed by atoms with Gasteiger partial charge in [0, 0.05) is 12.7 Å². The summed E-state index contributed by atoms with van der Waals surface area (Å²) in [5.41, 5.74) is -0.301. The Morgan fingerprint density at radius 1 is 1.24 bits per heavy atom. The van der Waals surface area contributed by atoms with Gasteiger partial charge in [0.15, 0.2) is 5.75 Å². The Kier molecular flexibility index (Phi) is 4.27. The summed E-state index contributed by atoms with van der Waals surface area (Å²) in [4.78, 5) is 22.6. The zero-order chi connectivity index (χ0) is 15.4. The smallest absolute Gasteiger partial charge is 0.341 e. The van der Waals surface area contributed by atoms with Crippen LogP contribution >= 0.6 is 0 Å². The Hall–Kier alpha value is -2.76. The molecule has 6 heteroatoms.